The van der Waals surface area contributed by atoms with Crippen LogP contribution in [0.3, 0.4) is 0 Å². The summed E-state index contributed by atoms with van der Waals surface area (Å²) in [5.74, 6) is 1.00. The molecule has 1 atom stereocenters. The van der Waals surface area contributed by atoms with E-state index in [1.54, 1.807) is 18.3 Å². The molecule has 3 rings (SSSR count). The van der Waals surface area contributed by atoms with Gasteiger partial charge in [-0.25, -0.2) is 4.98 Å². The van der Waals surface area contributed by atoms with Gasteiger partial charge in [0.15, 0.2) is 6.29 Å². The maximum Gasteiger partial charge on any atom is 0.223 e. The molecule has 1 unspecified atom stereocenters. The quantitative estimate of drug-likeness (QED) is 0.720. The summed E-state index contributed by atoms with van der Waals surface area (Å²) in [6.45, 7) is 2.27. The number of hydrogen-bond acceptors (Lipinski definition) is 4. The summed E-state index contributed by atoms with van der Waals surface area (Å²) in [7, 11) is 0. The van der Waals surface area contributed by atoms with E-state index in [9.17, 15) is 9.59 Å². The Bertz CT molecular complexity index is 489. The highest BCUT2D eigenvalue weighted by atomic mass is 16.2. The Labute approximate surface area is 105 Å². The number of anilines is 1. The number of piperazine rings is 1. The lowest BCUT2D eigenvalue weighted by atomic mass is 10.1. The molecule has 1 aromatic heterocycles. The molecular formula is C13H15N3O2. The molecule has 0 saturated carbocycles. The van der Waals surface area contributed by atoms with Gasteiger partial charge in [-0.05, 0) is 18.6 Å². The zero-order valence-electron chi connectivity index (χ0n) is 10.1. The molecule has 3 heterocycles. The number of rotatable bonds is 2. The van der Waals surface area contributed by atoms with Crippen molar-refractivity contribution in [3.05, 3.63) is 23.9 Å². The molecule has 2 aliphatic heterocycles. The monoisotopic (exact) mass is 245 g/mol. The second kappa shape index (κ2) is 4.40. The standard InChI is InChI=1S/C13H15N3O2/c17-9-10-2-1-5-14-13(10)15-6-7-16-11(8-15)3-4-12(16)18/h1-2,5,9,11H,3-4,6-8H2. The molecule has 5 heteroatoms. The molecule has 0 spiro atoms. The lowest BCUT2D eigenvalue weighted by Gasteiger charge is -2.38. The SMILES string of the molecule is O=Cc1cccnc1N1CCN2C(=O)CCC2C1. The van der Waals surface area contributed by atoms with E-state index in [2.05, 4.69) is 9.88 Å². The third-order valence-corrected chi connectivity index (χ3v) is 3.74. The Morgan fingerprint density at radius 1 is 1.39 bits per heavy atom. The Balaban J connectivity index is 1.82. The number of amides is 1. The van der Waals surface area contributed by atoms with Gasteiger partial charge in [-0.2, -0.15) is 0 Å². The van der Waals surface area contributed by atoms with Crippen LogP contribution in [0.1, 0.15) is 23.2 Å². The van der Waals surface area contributed by atoms with Crippen LogP contribution in [0.5, 0.6) is 0 Å². The van der Waals surface area contributed by atoms with Gasteiger partial charge in [0.2, 0.25) is 5.91 Å². The van der Waals surface area contributed by atoms with Gasteiger partial charge < -0.3 is 9.80 Å². The van der Waals surface area contributed by atoms with Gasteiger partial charge in [0.1, 0.15) is 5.82 Å². The number of hydrogen-bond donors (Lipinski definition) is 0. The summed E-state index contributed by atoms with van der Waals surface area (Å²) in [4.78, 5) is 31.0. The van der Waals surface area contributed by atoms with Crippen molar-refractivity contribution in [1.29, 1.82) is 0 Å². The van der Waals surface area contributed by atoms with Gasteiger partial charge >= 0.3 is 0 Å². The second-order valence-corrected chi connectivity index (χ2v) is 4.76. The van der Waals surface area contributed by atoms with Crippen LogP contribution in [-0.2, 0) is 4.79 Å². The first-order valence-corrected chi connectivity index (χ1v) is 6.24. The van der Waals surface area contributed by atoms with Crippen molar-refractivity contribution in [3.8, 4) is 0 Å². The van der Waals surface area contributed by atoms with Gasteiger partial charge in [0.05, 0.1) is 5.56 Å². The van der Waals surface area contributed by atoms with E-state index < -0.39 is 0 Å². The summed E-state index contributed by atoms with van der Waals surface area (Å²) in [6, 6.07) is 3.83. The van der Waals surface area contributed by atoms with E-state index in [1.165, 1.54) is 0 Å². The fourth-order valence-electron chi connectivity index (χ4n) is 2.82. The van der Waals surface area contributed by atoms with Crippen LogP contribution >= 0.6 is 0 Å². The third kappa shape index (κ3) is 1.75. The van der Waals surface area contributed by atoms with Crippen molar-refractivity contribution in [2.24, 2.45) is 0 Å². The number of pyridine rings is 1. The van der Waals surface area contributed by atoms with Crippen LogP contribution in [0, 0.1) is 0 Å². The minimum Gasteiger partial charge on any atom is -0.352 e. The van der Waals surface area contributed by atoms with Crippen molar-refractivity contribution < 1.29 is 9.59 Å². The Morgan fingerprint density at radius 2 is 2.28 bits per heavy atom. The lowest BCUT2D eigenvalue weighted by Crippen LogP contribution is -2.52. The molecular weight excluding hydrogens is 230 g/mol. The normalized spacial score (nSPS) is 23.1. The summed E-state index contributed by atoms with van der Waals surface area (Å²) in [5.41, 5.74) is 0.621. The van der Waals surface area contributed by atoms with E-state index in [-0.39, 0.29) is 11.9 Å². The molecule has 0 N–H and O–H groups in total. The molecule has 0 aliphatic carbocycles. The predicted molar refractivity (Wildman–Crippen MR) is 66.6 cm³/mol. The van der Waals surface area contributed by atoms with Crippen LogP contribution in [-0.4, -0.2) is 47.8 Å². The Morgan fingerprint density at radius 3 is 3.11 bits per heavy atom. The van der Waals surface area contributed by atoms with Crippen LogP contribution in [0.15, 0.2) is 18.3 Å². The highest BCUT2D eigenvalue weighted by Gasteiger charge is 2.36. The predicted octanol–water partition coefficient (Wildman–Crippen LogP) is 0.705. The molecule has 2 saturated heterocycles. The average molecular weight is 245 g/mol. The number of fused-ring (bicyclic) bond motifs is 1. The van der Waals surface area contributed by atoms with Crippen LogP contribution in [0.4, 0.5) is 5.82 Å². The maximum atomic E-state index is 11.6. The molecule has 1 aromatic rings. The van der Waals surface area contributed by atoms with Crippen LogP contribution in [0.25, 0.3) is 0 Å². The highest BCUT2D eigenvalue weighted by molar-refractivity contribution is 5.83. The molecule has 0 radical (unpaired) electrons. The number of carbonyl (C=O) groups excluding carboxylic acids is 2. The van der Waals surface area contributed by atoms with Gasteiger partial charge in [-0.1, -0.05) is 0 Å². The molecule has 1 amide bonds. The molecule has 2 aliphatic rings. The summed E-state index contributed by atoms with van der Waals surface area (Å²) < 4.78 is 0. The van der Waals surface area contributed by atoms with Crippen LogP contribution < -0.4 is 4.90 Å². The first-order chi connectivity index (χ1) is 8.79. The highest BCUT2D eigenvalue weighted by Crippen LogP contribution is 2.26. The minimum absolute atomic E-state index is 0.260. The number of aromatic nitrogens is 1. The zero-order valence-corrected chi connectivity index (χ0v) is 10.1. The van der Waals surface area contributed by atoms with Gasteiger partial charge in [-0.15, -0.1) is 0 Å². The summed E-state index contributed by atoms with van der Waals surface area (Å²) in [5, 5.41) is 0. The lowest BCUT2D eigenvalue weighted by molar-refractivity contribution is -0.129. The fourth-order valence-corrected chi connectivity index (χ4v) is 2.82. The largest absolute Gasteiger partial charge is 0.352 e. The minimum atomic E-state index is 0.260. The second-order valence-electron chi connectivity index (χ2n) is 4.76. The number of carbonyl (C=O) groups is 2. The molecule has 0 bridgehead atoms. The first kappa shape index (κ1) is 11.2. The number of nitrogens with zero attached hydrogens (tertiary/aromatic N) is 3. The van der Waals surface area contributed by atoms with E-state index in [0.29, 0.717) is 12.0 Å². The van der Waals surface area contributed by atoms with E-state index in [1.807, 2.05) is 4.90 Å². The smallest absolute Gasteiger partial charge is 0.223 e. The Hall–Kier alpha value is -1.91. The van der Waals surface area contributed by atoms with Gasteiger partial charge in [0.25, 0.3) is 0 Å². The van der Waals surface area contributed by atoms with Crippen LogP contribution in [0.2, 0.25) is 0 Å². The molecule has 18 heavy (non-hydrogen) atoms. The summed E-state index contributed by atoms with van der Waals surface area (Å²) >= 11 is 0. The van der Waals surface area contributed by atoms with Gasteiger partial charge in [-0.3, -0.25) is 9.59 Å². The topological polar surface area (TPSA) is 53.5 Å². The molecule has 0 aromatic carbocycles. The van der Waals surface area contributed by atoms with Gasteiger partial charge in [0, 0.05) is 38.3 Å². The molecule has 5 nitrogen and oxygen atoms in total. The average Bonchev–Trinajstić information content (AvgIpc) is 2.80. The van der Waals surface area contributed by atoms with Crippen molar-refractivity contribution >= 4 is 18.0 Å². The number of aldehydes is 1. The first-order valence-electron chi connectivity index (χ1n) is 6.24. The molecule has 2 fully saturated rings. The zero-order chi connectivity index (χ0) is 12.5. The maximum absolute atomic E-state index is 11.6. The third-order valence-electron chi connectivity index (χ3n) is 3.74. The van der Waals surface area contributed by atoms with E-state index in [4.69, 9.17) is 0 Å². The van der Waals surface area contributed by atoms with Crippen molar-refractivity contribution in [2.45, 2.75) is 18.9 Å². The van der Waals surface area contributed by atoms with E-state index >= 15 is 0 Å². The fraction of sp³-hybridized carbons (Fsp3) is 0.462. The molecule has 94 valence electrons. The van der Waals surface area contributed by atoms with Crippen molar-refractivity contribution in [2.75, 3.05) is 24.5 Å². The Kier molecular flexibility index (Phi) is 2.74. The summed E-state index contributed by atoms with van der Waals surface area (Å²) in [6.07, 6.45) is 4.11. The van der Waals surface area contributed by atoms with E-state index in [0.717, 1.165) is 38.2 Å². The van der Waals surface area contributed by atoms with Crippen molar-refractivity contribution in [1.82, 2.24) is 9.88 Å². The van der Waals surface area contributed by atoms with Crippen molar-refractivity contribution in [3.63, 3.8) is 0 Å².